The second kappa shape index (κ2) is 10.4. The first-order chi connectivity index (χ1) is 10.7. The molecule has 0 saturated carbocycles. The Morgan fingerprint density at radius 2 is 2.05 bits per heavy atom. The Kier molecular flexibility index (Phi) is 8.42. The number of hydrogen-bond acceptors (Lipinski definition) is 4. The van der Waals surface area contributed by atoms with Gasteiger partial charge in [-0.15, -0.1) is 0 Å². The van der Waals surface area contributed by atoms with Gasteiger partial charge in [-0.25, -0.2) is 0 Å². The number of carbonyl (C=O) groups excluding carboxylic acids is 2. The third-order valence-corrected chi connectivity index (χ3v) is 2.94. The molecule has 5 heteroatoms. The lowest BCUT2D eigenvalue weighted by molar-refractivity contribution is -0.140. The zero-order valence-corrected chi connectivity index (χ0v) is 13.1. The average Bonchev–Trinajstić information content (AvgIpc) is 2.54. The van der Waals surface area contributed by atoms with Gasteiger partial charge in [0.05, 0.1) is 20.1 Å². The first-order valence-corrected chi connectivity index (χ1v) is 7.42. The second-order valence-electron chi connectivity index (χ2n) is 4.69. The zero-order valence-electron chi connectivity index (χ0n) is 13.1. The number of rotatable bonds is 9. The molecule has 0 bridgehead atoms. The Bertz CT molecular complexity index is 511. The summed E-state index contributed by atoms with van der Waals surface area (Å²) in [6.45, 7) is 3.02. The number of esters is 1. The highest BCUT2D eigenvalue weighted by atomic mass is 16.5. The molecule has 1 aromatic carbocycles. The molecular formula is C17H23NO4. The highest BCUT2D eigenvalue weighted by Crippen LogP contribution is 2.19. The van der Waals surface area contributed by atoms with Crippen LogP contribution in [0.25, 0.3) is 6.08 Å². The lowest BCUT2D eigenvalue weighted by atomic mass is 10.2. The van der Waals surface area contributed by atoms with Gasteiger partial charge in [0.25, 0.3) is 0 Å². The number of benzene rings is 1. The van der Waals surface area contributed by atoms with Crippen molar-refractivity contribution in [3.05, 3.63) is 35.9 Å². The van der Waals surface area contributed by atoms with Gasteiger partial charge >= 0.3 is 5.97 Å². The van der Waals surface area contributed by atoms with Gasteiger partial charge in [-0.3, -0.25) is 9.59 Å². The van der Waals surface area contributed by atoms with Crippen molar-refractivity contribution in [2.24, 2.45) is 0 Å². The molecule has 1 rings (SSSR count). The standard InChI is InChI=1S/C17H23NO4/c1-3-4-13-22-15-8-6-5-7-14(15)9-10-16(19)18-12-11-17(20)21-2/h5-10H,3-4,11-13H2,1-2H3,(H,18,19)/b10-9+. The van der Waals surface area contributed by atoms with Crippen molar-refractivity contribution in [2.75, 3.05) is 20.3 Å². The van der Waals surface area contributed by atoms with Crippen molar-refractivity contribution in [3.63, 3.8) is 0 Å². The minimum atomic E-state index is -0.348. The highest BCUT2D eigenvalue weighted by Gasteiger charge is 2.03. The van der Waals surface area contributed by atoms with Gasteiger partial charge in [-0.1, -0.05) is 31.5 Å². The normalized spacial score (nSPS) is 10.5. The van der Waals surface area contributed by atoms with Gasteiger partial charge in [0.2, 0.25) is 5.91 Å². The van der Waals surface area contributed by atoms with Crippen molar-refractivity contribution < 1.29 is 19.1 Å². The van der Waals surface area contributed by atoms with E-state index >= 15 is 0 Å². The summed E-state index contributed by atoms with van der Waals surface area (Å²) in [5.74, 6) is 0.153. The van der Waals surface area contributed by atoms with Crippen molar-refractivity contribution in [1.29, 1.82) is 0 Å². The number of para-hydroxylation sites is 1. The number of amides is 1. The summed E-state index contributed by atoms with van der Waals surface area (Å²) >= 11 is 0. The van der Waals surface area contributed by atoms with Gasteiger partial charge in [0.15, 0.2) is 0 Å². The van der Waals surface area contributed by atoms with Gasteiger partial charge in [0.1, 0.15) is 5.75 Å². The minimum Gasteiger partial charge on any atom is -0.493 e. The van der Waals surface area contributed by atoms with E-state index in [1.54, 1.807) is 6.08 Å². The van der Waals surface area contributed by atoms with Crippen LogP contribution in [0.4, 0.5) is 0 Å². The number of hydrogen-bond donors (Lipinski definition) is 1. The number of nitrogens with one attached hydrogen (secondary N) is 1. The smallest absolute Gasteiger partial charge is 0.307 e. The van der Waals surface area contributed by atoms with Gasteiger partial charge in [0, 0.05) is 18.2 Å². The lowest BCUT2D eigenvalue weighted by Crippen LogP contribution is -2.24. The molecule has 0 radical (unpaired) electrons. The molecule has 0 spiro atoms. The Hall–Kier alpha value is -2.30. The molecule has 0 aliphatic carbocycles. The lowest BCUT2D eigenvalue weighted by Gasteiger charge is -2.08. The monoisotopic (exact) mass is 305 g/mol. The van der Waals surface area contributed by atoms with Crippen molar-refractivity contribution >= 4 is 18.0 Å². The molecule has 0 aromatic heterocycles. The van der Waals surface area contributed by atoms with Crippen LogP contribution in [0.1, 0.15) is 31.7 Å². The fourth-order valence-corrected chi connectivity index (χ4v) is 1.69. The summed E-state index contributed by atoms with van der Waals surface area (Å²) < 4.78 is 10.2. The van der Waals surface area contributed by atoms with Crippen LogP contribution in [-0.2, 0) is 14.3 Å². The van der Waals surface area contributed by atoms with Crippen LogP contribution in [0.15, 0.2) is 30.3 Å². The summed E-state index contributed by atoms with van der Waals surface area (Å²) in [6, 6.07) is 7.56. The van der Waals surface area contributed by atoms with Crippen molar-refractivity contribution in [3.8, 4) is 5.75 Å². The van der Waals surface area contributed by atoms with E-state index in [1.165, 1.54) is 13.2 Å². The Morgan fingerprint density at radius 1 is 1.27 bits per heavy atom. The third-order valence-electron chi connectivity index (χ3n) is 2.94. The van der Waals surface area contributed by atoms with Gasteiger partial charge in [-0.05, 0) is 18.6 Å². The van der Waals surface area contributed by atoms with Crippen molar-refractivity contribution in [1.82, 2.24) is 5.32 Å². The molecule has 1 aromatic rings. The van der Waals surface area contributed by atoms with Crippen LogP contribution in [0, 0.1) is 0 Å². The summed E-state index contributed by atoms with van der Waals surface area (Å²) in [5, 5.41) is 2.62. The van der Waals surface area contributed by atoms with Crippen LogP contribution in [0.3, 0.4) is 0 Å². The molecule has 0 saturated heterocycles. The predicted molar refractivity (Wildman–Crippen MR) is 85.5 cm³/mol. The maximum absolute atomic E-state index is 11.7. The first kappa shape index (κ1) is 17.8. The minimum absolute atomic E-state index is 0.160. The van der Waals surface area contributed by atoms with Gasteiger partial charge in [-0.2, -0.15) is 0 Å². The molecule has 0 heterocycles. The summed E-state index contributed by atoms with van der Waals surface area (Å²) in [6.07, 6.45) is 5.35. The fraction of sp³-hybridized carbons (Fsp3) is 0.412. The van der Waals surface area contributed by atoms with Crippen molar-refractivity contribution in [2.45, 2.75) is 26.2 Å². The molecule has 0 aliphatic rings. The number of unbranched alkanes of at least 4 members (excludes halogenated alkanes) is 1. The molecule has 0 unspecified atom stereocenters. The van der Waals surface area contributed by atoms with Crippen LogP contribution >= 0.6 is 0 Å². The quantitative estimate of drug-likeness (QED) is 0.432. The third kappa shape index (κ3) is 6.92. The molecule has 1 amide bonds. The Labute approximate surface area is 131 Å². The Balaban J connectivity index is 2.50. The predicted octanol–water partition coefficient (Wildman–Crippen LogP) is 2.56. The zero-order chi connectivity index (χ0) is 16.2. The Morgan fingerprint density at radius 3 is 2.77 bits per heavy atom. The molecule has 0 aliphatic heterocycles. The molecule has 22 heavy (non-hydrogen) atoms. The number of methoxy groups -OCH3 is 1. The molecule has 0 atom stereocenters. The van der Waals surface area contributed by atoms with E-state index in [0.717, 1.165) is 24.2 Å². The number of ether oxygens (including phenoxy) is 2. The summed E-state index contributed by atoms with van der Waals surface area (Å²) in [5.41, 5.74) is 0.849. The van der Waals surface area contributed by atoms with E-state index in [9.17, 15) is 9.59 Å². The molecule has 1 N–H and O–H groups in total. The van der Waals surface area contributed by atoms with Crippen LogP contribution < -0.4 is 10.1 Å². The molecule has 0 fully saturated rings. The molecule has 5 nitrogen and oxygen atoms in total. The van der Waals surface area contributed by atoms with Gasteiger partial charge < -0.3 is 14.8 Å². The van der Waals surface area contributed by atoms with Crippen LogP contribution in [0.2, 0.25) is 0 Å². The summed E-state index contributed by atoms with van der Waals surface area (Å²) in [7, 11) is 1.32. The van der Waals surface area contributed by atoms with Crippen LogP contribution in [0.5, 0.6) is 5.75 Å². The van der Waals surface area contributed by atoms with Crippen LogP contribution in [-0.4, -0.2) is 32.1 Å². The topological polar surface area (TPSA) is 64.6 Å². The molecular weight excluding hydrogens is 282 g/mol. The first-order valence-electron chi connectivity index (χ1n) is 7.42. The van der Waals surface area contributed by atoms with E-state index < -0.39 is 0 Å². The van der Waals surface area contributed by atoms with E-state index in [4.69, 9.17) is 4.74 Å². The highest BCUT2D eigenvalue weighted by molar-refractivity contribution is 5.92. The second-order valence-corrected chi connectivity index (χ2v) is 4.69. The largest absolute Gasteiger partial charge is 0.493 e. The molecule has 120 valence electrons. The van der Waals surface area contributed by atoms with E-state index in [2.05, 4.69) is 17.0 Å². The van der Waals surface area contributed by atoms with E-state index in [-0.39, 0.29) is 24.8 Å². The van der Waals surface area contributed by atoms with E-state index in [0.29, 0.717) is 6.61 Å². The number of carbonyl (C=O) groups is 2. The average molecular weight is 305 g/mol. The maximum Gasteiger partial charge on any atom is 0.307 e. The van der Waals surface area contributed by atoms with E-state index in [1.807, 2.05) is 24.3 Å². The summed E-state index contributed by atoms with van der Waals surface area (Å²) in [4.78, 5) is 22.6. The maximum atomic E-state index is 11.7. The fourth-order valence-electron chi connectivity index (χ4n) is 1.69. The SMILES string of the molecule is CCCCOc1ccccc1/C=C/C(=O)NCCC(=O)OC.